The highest BCUT2D eigenvalue weighted by Crippen LogP contribution is 2.09. The quantitative estimate of drug-likeness (QED) is 0.561. The van der Waals surface area contributed by atoms with E-state index in [4.69, 9.17) is 0 Å². The van der Waals surface area contributed by atoms with Crippen molar-refractivity contribution in [2.24, 2.45) is 0 Å². The lowest BCUT2D eigenvalue weighted by molar-refractivity contribution is -0.252. The highest BCUT2D eigenvalue weighted by atomic mass is 16.4. The molecule has 0 saturated carbocycles. The van der Waals surface area contributed by atoms with Crippen LogP contribution in [0.5, 0.6) is 0 Å². The van der Waals surface area contributed by atoms with Crippen LogP contribution >= 0.6 is 0 Å². The molecule has 0 atom stereocenters. The summed E-state index contributed by atoms with van der Waals surface area (Å²) in [5.41, 5.74) is -0.379. The van der Waals surface area contributed by atoms with E-state index in [0.29, 0.717) is 0 Å². The number of carbonyl (C=O) groups is 1. The molecule has 0 aromatic rings. The van der Waals surface area contributed by atoms with Crippen molar-refractivity contribution in [3.05, 3.63) is 0 Å². The van der Waals surface area contributed by atoms with Crippen molar-refractivity contribution < 1.29 is 9.90 Å². The maximum Gasteiger partial charge on any atom is 0.134 e. The molecule has 0 spiro atoms. The molecule has 0 aliphatic carbocycles. The second-order valence-corrected chi connectivity index (χ2v) is 3.50. The van der Waals surface area contributed by atoms with Gasteiger partial charge in [0.25, 0.3) is 0 Å². The van der Waals surface area contributed by atoms with Crippen LogP contribution in [0, 0.1) is 0 Å². The molecule has 0 rings (SSSR count). The standard InChI is InChI=1S/C8H18N2O2/c1-8(2,10-7(11)12)5-4-6-9-3/h9-10H,4-6H2,1-3H3,(H,11,12)/p-1. The van der Waals surface area contributed by atoms with Crippen molar-refractivity contribution in [2.45, 2.75) is 32.2 Å². The second-order valence-electron chi connectivity index (χ2n) is 3.50. The van der Waals surface area contributed by atoms with Crippen LogP contribution in [-0.4, -0.2) is 25.2 Å². The Balaban J connectivity index is 3.63. The van der Waals surface area contributed by atoms with Gasteiger partial charge >= 0.3 is 0 Å². The Morgan fingerprint density at radius 1 is 1.50 bits per heavy atom. The first kappa shape index (κ1) is 11.2. The molecule has 2 N–H and O–H groups in total. The zero-order chi connectivity index (χ0) is 9.61. The van der Waals surface area contributed by atoms with E-state index in [2.05, 4.69) is 10.6 Å². The minimum Gasteiger partial charge on any atom is -0.530 e. The fraction of sp³-hybridized carbons (Fsp3) is 0.875. The molecule has 0 heterocycles. The molecule has 4 nitrogen and oxygen atoms in total. The Kier molecular flexibility index (Phi) is 4.66. The predicted molar refractivity (Wildman–Crippen MR) is 45.8 cm³/mol. The summed E-state index contributed by atoms with van der Waals surface area (Å²) in [7, 11) is 1.87. The first-order valence-electron chi connectivity index (χ1n) is 4.12. The molecule has 4 heteroatoms. The van der Waals surface area contributed by atoms with Crippen LogP contribution in [0.25, 0.3) is 0 Å². The zero-order valence-corrected chi connectivity index (χ0v) is 7.94. The summed E-state index contributed by atoms with van der Waals surface area (Å²) >= 11 is 0. The first-order valence-corrected chi connectivity index (χ1v) is 4.12. The van der Waals surface area contributed by atoms with Gasteiger partial charge in [0.05, 0.1) is 0 Å². The Labute approximate surface area is 73.3 Å². The minimum absolute atomic E-state index is 0.379. The lowest BCUT2D eigenvalue weighted by Crippen LogP contribution is -2.49. The summed E-state index contributed by atoms with van der Waals surface area (Å²) < 4.78 is 0. The van der Waals surface area contributed by atoms with Crippen molar-refractivity contribution in [3.63, 3.8) is 0 Å². The summed E-state index contributed by atoms with van der Waals surface area (Å²) in [6.07, 6.45) is 0.551. The van der Waals surface area contributed by atoms with Crippen LogP contribution in [0.15, 0.2) is 0 Å². The van der Waals surface area contributed by atoms with Gasteiger partial charge in [-0.3, -0.25) is 0 Å². The summed E-state index contributed by atoms with van der Waals surface area (Å²) in [5, 5.41) is 15.6. The van der Waals surface area contributed by atoms with Crippen molar-refractivity contribution in [3.8, 4) is 0 Å². The van der Waals surface area contributed by atoms with Crippen molar-refractivity contribution >= 4 is 6.09 Å². The third kappa shape index (κ3) is 5.97. The average Bonchev–Trinajstić information content (AvgIpc) is 1.84. The summed E-state index contributed by atoms with van der Waals surface area (Å²) in [5.74, 6) is 0. The monoisotopic (exact) mass is 173 g/mol. The lowest BCUT2D eigenvalue weighted by Gasteiger charge is -2.27. The molecule has 72 valence electrons. The fourth-order valence-electron chi connectivity index (χ4n) is 1.05. The van der Waals surface area contributed by atoms with Crippen LogP contribution < -0.4 is 15.7 Å². The fourth-order valence-corrected chi connectivity index (χ4v) is 1.05. The van der Waals surface area contributed by atoms with Gasteiger partial charge in [-0.15, -0.1) is 0 Å². The molecule has 0 fully saturated rings. The van der Waals surface area contributed by atoms with Crippen LogP contribution in [0.2, 0.25) is 0 Å². The van der Waals surface area contributed by atoms with E-state index in [1.165, 1.54) is 0 Å². The summed E-state index contributed by atoms with van der Waals surface area (Å²) in [6.45, 7) is 4.59. The number of carbonyl (C=O) groups excluding carboxylic acids is 1. The van der Waals surface area contributed by atoms with Gasteiger partial charge in [0.15, 0.2) is 0 Å². The molecule has 0 radical (unpaired) electrons. The Morgan fingerprint density at radius 2 is 2.08 bits per heavy atom. The van der Waals surface area contributed by atoms with Gasteiger partial charge < -0.3 is 20.5 Å². The van der Waals surface area contributed by atoms with E-state index in [0.717, 1.165) is 19.4 Å². The number of amides is 1. The van der Waals surface area contributed by atoms with Crippen LogP contribution in [0.4, 0.5) is 4.79 Å². The first-order chi connectivity index (χ1) is 5.48. The number of nitrogens with one attached hydrogen (secondary N) is 2. The normalized spacial score (nSPS) is 11.2. The van der Waals surface area contributed by atoms with Gasteiger partial charge in [0.1, 0.15) is 6.09 Å². The van der Waals surface area contributed by atoms with Crippen LogP contribution in [-0.2, 0) is 0 Å². The maximum absolute atomic E-state index is 10.2. The van der Waals surface area contributed by atoms with E-state index < -0.39 is 6.09 Å². The Hall–Kier alpha value is -0.770. The smallest absolute Gasteiger partial charge is 0.134 e. The molecule has 0 aliphatic heterocycles. The molecule has 0 aromatic heterocycles. The van der Waals surface area contributed by atoms with E-state index >= 15 is 0 Å². The van der Waals surface area contributed by atoms with Crippen molar-refractivity contribution in [1.29, 1.82) is 0 Å². The highest BCUT2D eigenvalue weighted by molar-refractivity contribution is 5.62. The van der Waals surface area contributed by atoms with Gasteiger partial charge in [-0.2, -0.15) is 0 Å². The van der Waals surface area contributed by atoms with Crippen molar-refractivity contribution in [1.82, 2.24) is 10.6 Å². The van der Waals surface area contributed by atoms with Gasteiger partial charge in [-0.25, -0.2) is 0 Å². The van der Waals surface area contributed by atoms with E-state index in [1.54, 1.807) is 0 Å². The summed E-state index contributed by atoms with van der Waals surface area (Å²) in [4.78, 5) is 10.2. The second kappa shape index (κ2) is 4.98. The lowest BCUT2D eigenvalue weighted by atomic mass is 9.99. The van der Waals surface area contributed by atoms with Crippen LogP contribution in [0.1, 0.15) is 26.7 Å². The molecule has 0 bridgehead atoms. The van der Waals surface area contributed by atoms with Crippen LogP contribution in [0.3, 0.4) is 0 Å². The number of hydrogen-bond donors (Lipinski definition) is 2. The molecule has 0 aliphatic rings. The number of rotatable bonds is 5. The van der Waals surface area contributed by atoms with Crippen molar-refractivity contribution in [2.75, 3.05) is 13.6 Å². The maximum atomic E-state index is 10.2. The molecular formula is C8H17N2O2-. The molecular weight excluding hydrogens is 156 g/mol. The van der Waals surface area contributed by atoms with E-state index in [9.17, 15) is 9.90 Å². The highest BCUT2D eigenvalue weighted by Gasteiger charge is 2.15. The Morgan fingerprint density at radius 3 is 2.50 bits per heavy atom. The van der Waals surface area contributed by atoms with Gasteiger partial charge in [0.2, 0.25) is 0 Å². The number of carboxylic acid groups (broad SMARTS) is 1. The minimum atomic E-state index is -1.20. The predicted octanol–water partition coefficient (Wildman–Crippen LogP) is -0.302. The van der Waals surface area contributed by atoms with E-state index in [1.807, 2.05) is 20.9 Å². The van der Waals surface area contributed by atoms with Gasteiger partial charge in [0, 0.05) is 5.54 Å². The largest absolute Gasteiger partial charge is 0.530 e. The van der Waals surface area contributed by atoms with Gasteiger partial charge in [-0.05, 0) is 40.3 Å². The molecule has 0 aromatic carbocycles. The third-order valence-electron chi connectivity index (χ3n) is 1.67. The van der Waals surface area contributed by atoms with E-state index in [-0.39, 0.29) is 5.54 Å². The average molecular weight is 173 g/mol. The molecule has 0 unspecified atom stereocenters. The Bertz CT molecular complexity index is 146. The topological polar surface area (TPSA) is 64.2 Å². The third-order valence-corrected chi connectivity index (χ3v) is 1.67. The number of hydrogen-bond acceptors (Lipinski definition) is 3. The summed E-state index contributed by atoms with van der Waals surface area (Å²) in [6, 6.07) is 0. The van der Waals surface area contributed by atoms with Gasteiger partial charge in [-0.1, -0.05) is 0 Å². The molecule has 0 saturated heterocycles. The zero-order valence-electron chi connectivity index (χ0n) is 7.94. The molecule has 12 heavy (non-hydrogen) atoms. The molecule has 1 amide bonds. The SMILES string of the molecule is CNCCCC(C)(C)NC(=O)[O-].